The Bertz CT molecular complexity index is 221. The standard InChI is InChI=1S/C10H19NO3S/c1-4-7(2)9(12)11-8(10(13)14)5-6-15-3/h7-8H,4-6H2,1-3H3,(H,11,12)(H,13,14)/t7?,8-/m0/s1. The summed E-state index contributed by atoms with van der Waals surface area (Å²) in [5.74, 6) is -0.523. The number of carbonyl (C=O) groups excluding carboxylic acids is 1. The molecule has 0 aromatic rings. The van der Waals surface area contributed by atoms with Crippen LogP contribution in [0.2, 0.25) is 0 Å². The summed E-state index contributed by atoms with van der Waals surface area (Å²) in [4.78, 5) is 22.3. The van der Waals surface area contributed by atoms with Crippen LogP contribution in [0, 0.1) is 5.92 Å². The molecule has 0 saturated heterocycles. The molecule has 0 radical (unpaired) electrons. The van der Waals surface area contributed by atoms with E-state index in [1.807, 2.05) is 13.2 Å². The Balaban J connectivity index is 4.16. The van der Waals surface area contributed by atoms with E-state index in [2.05, 4.69) is 5.32 Å². The molecular formula is C10H19NO3S. The Morgan fingerprint density at radius 1 is 1.47 bits per heavy atom. The SMILES string of the molecule is CCC(C)C(=O)N[C@@H](CCSC)C(=O)O. The molecule has 0 saturated carbocycles. The second-order valence-electron chi connectivity index (χ2n) is 3.49. The van der Waals surface area contributed by atoms with E-state index in [0.29, 0.717) is 6.42 Å². The van der Waals surface area contributed by atoms with Crippen molar-refractivity contribution in [3.8, 4) is 0 Å². The number of hydrogen-bond acceptors (Lipinski definition) is 3. The molecule has 0 aliphatic heterocycles. The number of carboxylic acid groups (broad SMARTS) is 1. The fraction of sp³-hybridized carbons (Fsp3) is 0.800. The van der Waals surface area contributed by atoms with Crippen molar-refractivity contribution in [2.75, 3.05) is 12.0 Å². The predicted molar refractivity (Wildman–Crippen MR) is 62.0 cm³/mol. The Morgan fingerprint density at radius 2 is 2.07 bits per heavy atom. The zero-order chi connectivity index (χ0) is 11.8. The highest BCUT2D eigenvalue weighted by Crippen LogP contribution is 2.04. The van der Waals surface area contributed by atoms with E-state index in [9.17, 15) is 9.59 Å². The minimum absolute atomic E-state index is 0.124. The summed E-state index contributed by atoms with van der Waals surface area (Å²) in [6, 6.07) is -0.751. The van der Waals surface area contributed by atoms with Crippen molar-refractivity contribution in [3.05, 3.63) is 0 Å². The van der Waals surface area contributed by atoms with Crippen LogP contribution < -0.4 is 5.32 Å². The maximum absolute atomic E-state index is 11.5. The molecule has 0 aromatic heterocycles. The molecule has 0 aromatic carbocycles. The molecule has 0 rings (SSSR count). The number of aliphatic carboxylic acids is 1. The third-order valence-electron chi connectivity index (χ3n) is 2.29. The van der Waals surface area contributed by atoms with E-state index in [0.717, 1.165) is 12.2 Å². The fourth-order valence-electron chi connectivity index (χ4n) is 0.992. The molecule has 1 amide bonds. The minimum atomic E-state index is -0.958. The first-order chi connectivity index (χ1) is 7.02. The lowest BCUT2D eigenvalue weighted by atomic mass is 10.1. The highest BCUT2D eigenvalue weighted by Gasteiger charge is 2.21. The first kappa shape index (κ1) is 14.3. The Labute approximate surface area is 94.8 Å². The van der Waals surface area contributed by atoms with Crippen LogP contribution in [0.4, 0.5) is 0 Å². The third kappa shape index (κ3) is 5.67. The van der Waals surface area contributed by atoms with Crippen LogP contribution in [0.5, 0.6) is 0 Å². The molecule has 4 nitrogen and oxygen atoms in total. The number of carboxylic acids is 1. The summed E-state index contributed by atoms with van der Waals surface area (Å²) in [6.07, 6.45) is 3.11. The highest BCUT2D eigenvalue weighted by molar-refractivity contribution is 7.98. The minimum Gasteiger partial charge on any atom is -0.480 e. The van der Waals surface area contributed by atoms with Crippen molar-refractivity contribution < 1.29 is 14.7 Å². The fourth-order valence-corrected chi connectivity index (χ4v) is 1.46. The molecule has 2 atom stereocenters. The molecule has 15 heavy (non-hydrogen) atoms. The zero-order valence-corrected chi connectivity index (χ0v) is 10.3. The average Bonchev–Trinajstić information content (AvgIpc) is 2.22. The summed E-state index contributed by atoms with van der Waals surface area (Å²) >= 11 is 1.57. The van der Waals surface area contributed by atoms with Crippen molar-refractivity contribution in [2.24, 2.45) is 5.92 Å². The maximum atomic E-state index is 11.5. The van der Waals surface area contributed by atoms with Crippen LogP contribution >= 0.6 is 11.8 Å². The number of nitrogens with one attached hydrogen (secondary N) is 1. The largest absolute Gasteiger partial charge is 0.480 e. The van der Waals surface area contributed by atoms with Crippen molar-refractivity contribution in [3.63, 3.8) is 0 Å². The molecule has 0 spiro atoms. The van der Waals surface area contributed by atoms with Gasteiger partial charge >= 0.3 is 5.97 Å². The highest BCUT2D eigenvalue weighted by atomic mass is 32.2. The van der Waals surface area contributed by atoms with Gasteiger partial charge in [0.2, 0.25) is 5.91 Å². The molecule has 88 valence electrons. The quantitative estimate of drug-likeness (QED) is 0.696. The monoisotopic (exact) mass is 233 g/mol. The Kier molecular flexibility index (Phi) is 7.21. The number of rotatable bonds is 7. The number of thioether (sulfide) groups is 1. The van der Waals surface area contributed by atoms with Gasteiger partial charge in [0.25, 0.3) is 0 Å². The average molecular weight is 233 g/mol. The summed E-state index contributed by atoms with van der Waals surface area (Å²) in [5.41, 5.74) is 0. The molecule has 0 heterocycles. The van der Waals surface area contributed by atoms with E-state index in [1.54, 1.807) is 18.7 Å². The smallest absolute Gasteiger partial charge is 0.326 e. The molecule has 2 N–H and O–H groups in total. The second-order valence-corrected chi connectivity index (χ2v) is 4.48. The van der Waals surface area contributed by atoms with Gasteiger partial charge in [-0.15, -0.1) is 0 Å². The van der Waals surface area contributed by atoms with Crippen LogP contribution in [-0.4, -0.2) is 35.0 Å². The van der Waals surface area contributed by atoms with E-state index < -0.39 is 12.0 Å². The van der Waals surface area contributed by atoms with Gasteiger partial charge in [0, 0.05) is 5.92 Å². The van der Waals surface area contributed by atoms with Crippen molar-refractivity contribution in [1.82, 2.24) is 5.32 Å². The van der Waals surface area contributed by atoms with Gasteiger partial charge in [-0.05, 0) is 24.9 Å². The molecule has 0 aliphatic carbocycles. The Hall–Kier alpha value is -0.710. The summed E-state index contributed by atoms with van der Waals surface area (Å²) in [7, 11) is 0. The van der Waals surface area contributed by atoms with Gasteiger partial charge in [0.15, 0.2) is 0 Å². The number of hydrogen-bond donors (Lipinski definition) is 2. The van der Waals surface area contributed by atoms with Gasteiger partial charge in [0.1, 0.15) is 6.04 Å². The van der Waals surface area contributed by atoms with Gasteiger partial charge in [-0.25, -0.2) is 4.79 Å². The second kappa shape index (κ2) is 7.56. The van der Waals surface area contributed by atoms with E-state index in [4.69, 9.17) is 5.11 Å². The zero-order valence-electron chi connectivity index (χ0n) is 9.45. The molecule has 1 unspecified atom stereocenters. The number of carbonyl (C=O) groups is 2. The molecule has 0 bridgehead atoms. The molecule has 0 fully saturated rings. The van der Waals surface area contributed by atoms with E-state index in [1.165, 1.54) is 0 Å². The van der Waals surface area contributed by atoms with Crippen LogP contribution in [0.15, 0.2) is 0 Å². The van der Waals surface area contributed by atoms with Crippen LogP contribution in [-0.2, 0) is 9.59 Å². The lowest BCUT2D eigenvalue weighted by Gasteiger charge is -2.16. The maximum Gasteiger partial charge on any atom is 0.326 e. The van der Waals surface area contributed by atoms with Gasteiger partial charge in [-0.1, -0.05) is 13.8 Å². The lowest BCUT2D eigenvalue weighted by molar-refractivity contribution is -0.142. The van der Waals surface area contributed by atoms with Crippen LogP contribution in [0.1, 0.15) is 26.7 Å². The predicted octanol–water partition coefficient (Wildman–Crippen LogP) is 1.35. The first-order valence-corrected chi connectivity index (χ1v) is 6.44. The normalized spacial score (nSPS) is 14.3. The van der Waals surface area contributed by atoms with Crippen molar-refractivity contribution in [1.29, 1.82) is 0 Å². The summed E-state index contributed by atoms with van der Waals surface area (Å²) in [5, 5.41) is 11.4. The third-order valence-corrected chi connectivity index (χ3v) is 2.93. The van der Waals surface area contributed by atoms with Crippen LogP contribution in [0.3, 0.4) is 0 Å². The van der Waals surface area contributed by atoms with Gasteiger partial charge in [-0.2, -0.15) is 11.8 Å². The molecular weight excluding hydrogens is 214 g/mol. The van der Waals surface area contributed by atoms with E-state index in [-0.39, 0.29) is 11.8 Å². The van der Waals surface area contributed by atoms with Gasteiger partial charge in [0.05, 0.1) is 0 Å². The number of amides is 1. The lowest BCUT2D eigenvalue weighted by Crippen LogP contribution is -2.43. The topological polar surface area (TPSA) is 66.4 Å². The van der Waals surface area contributed by atoms with Crippen LogP contribution in [0.25, 0.3) is 0 Å². The van der Waals surface area contributed by atoms with Crippen molar-refractivity contribution >= 4 is 23.6 Å². The van der Waals surface area contributed by atoms with Gasteiger partial charge < -0.3 is 10.4 Å². The summed E-state index contributed by atoms with van der Waals surface area (Å²) < 4.78 is 0. The van der Waals surface area contributed by atoms with Gasteiger partial charge in [-0.3, -0.25) is 4.79 Å². The molecule has 0 aliphatic rings. The summed E-state index contributed by atoms with van der Waals surface area (Å²) in [6.45, 7) is 3.70. The first-order valence-electron chi connectivity index (χ1n) is 5.05. The Morgan fingerprint density at radius 3 is 2.47 bits per heavy atom. The van der Waals surface area contributed by atoms with Crippen molar-refractivity contribution in [2.45, 2.75) is 32.7 Å². The molecule has 5 heteroatoms. The van der Waals surface area contributed by atoms with E-state index >= 15 is 0 Å².